The second-order valence-electron chi connectivity index (χ2n) is 5.51. The Kier molecular flexibility index (Phi) is 5.68. The summed E-state index contributed by atoms with van der Waals surface area (Å²) in [7, 11) is 1.66. The normalized spacial score (nSPS) is 22.2. The Morgan fingerprint density at radius 2 is 1.80 bits per heavy atom. The molecule has 4 heteroatoms. The van der Waals surface area contributed by atoms with Gasteiger partial charge in [-0.2, -0.15) is 0 Å². The first-order valence-corrected chi connectivity index (χ1v) is 7.33. The van der Waals surface area contributed by atoms with Crippen LogP contribution in [0.1, 0.15) is 26.7 Å². The molecule has 1 heterocycles. The van der Waals surface area contributed by atoms with Crippen LogP contribution in [-0.2, 0) is 4.74 Å². The monoisotopic (exact) mass is 279 g/mol. The van der Waals surface area contributed by atoms with Gasteiger partial charge in [0.05, 0.1) is 19.3 Å². The lowest BCUT2D eigenvalue weighted by Crippen LogP contribution is -2.32. The molecular weight excluding hydrogens is 254 g/mol. The molecular formula is C16H25NO3. The molecule has 0 aromatic heterocycles. The first-order valence-electron chi connectivity index (χ1n) is 7.33. The molecule has 1 aliphatic heterocycles. The van der Waals surface area contributed by atoms with E-state index in [-0.39, 0.29) is 6.10 Å². The molecule has 0 spiro atoms. The lowest BCUT2D eigenvalue weighted by molar-refractivity contribution is 0.0178. The number of methoxy groups -OCH3 is 1. The molecule has 4 nitrogen and oxygen atoms in total. The summed E-state index contributed by atoms with van der Waals surface area (Å²) in [6, 6.07) is 8.16. The van der Waals surface area contributed by atoms with Crippen LogP contribution in [0.15, 0.2) is 24.3 Å². The van der Waals surface area contributed by atoms with E-state index in [2.05, 4.69) is 19.2 Å². The van der Waals surface area contributed by atoms with Crippen molar-refractivity contribution in [1.29, 1.82) is 0 Å². The molecule has 1 N–H and O–H groups in total. The van der Waals surface area contributed by atoms with Gasteiger partial charge in [0, 0.05) is 12.6 Å². The summed E-state index contributed by atoms with van der Waals surface area (Å²) in [6.07, 6.45) is 2.70. The molecule has 2 unspecified atom stereocenters. The molecule has 1 aliphatic rings. The molecule has 112 valence electrons. The number of nitrogens with one attached hydrogen (secondary N) is 1. The quantitative estimate of drug-likeness (QED) is 0.833. The highest BCUT2D eigenvalue weighted by Crippen LogP contribution is 2.22. The van der Waals surface area contributed by atoms with Gasteiger partial charge in [-0.05, 0) is 37.1 Å². The smallest absolute Gasteiger partial charge is 0.119 e. The minimum atomic E-state index is 0.205. The summed E-state index contributed by atoms with van der Waals surface area (Å²) >= 11 is 0. The van der Waals surface area contributed by atoms with Gasteiger partial charge in [0.1, 0.15) is 18.1 Å². The van der Waals surface area contributed by atoms with Gasteiger partial charge in [0.15, 0.2) is 0 Å². The van der Waals surface area contributed by atoms with E-state index < -0.39 is 0 Å². The summed E-state index contributed by atoms with van der Waals surface area (Å²) in [5.74, 6) is 1.70. The second kappa shape index (κ2) is 7.50. The molecule has 0 aliphatic carbocycles. The van der Waals surface area contributed by atoms with E-state index in [1.54, 1.807) is 7.11 Å². The topological polar surface area (TPSA) is 39.7 Å². The number of hydrogen-bond donors (Lipinski definition) is 1. The Morgan fingerprint density at radius 3 is 2.45 bits per heavy atom. The maximum atomic E-state index is 5.97. The van der Waals surface area contributed by atoms with Crippen molar-refractivity contribution in [2.45, 2.75) is 44.9 Å². The second-order valence-corrected chi connectivity index (χ2v) is 5.51. The third kappa shape index (κ3) is 4.69. The minimum Gasteiger partial charge on any atom is -0.497 e. The van der Waals surface area contributed by atoms with Crippen LogP contribution in [0.25, 0.3) is 0 Å². The average molecular weight is 279 g/mol. The van der Waals surface area contributed by atoms with Gasteiger partial charge in [0.25, 0.3) is 0 Å². The molecule has 20 heavy (non-hydrogen) atoms. The SMILES string of the molecule is COc1ccc(OCC2CCC(CNC(C)C)O2)cc1. The zero-order chi connectivity index (χ0) is 14.4. The summed E-state index contributed by atoms with van der Waals surface area (Å²) in [5.41, 5.74) is 0. The fraction of sp³-hybridized carbons (Fsp3) is 0.625. The van der Waals surface area contributed by atoms with E-state index in [0.29, 0.717) is 18.8 Å². The largest absolute Gasteiger partial charge is 0.497 e. The van der Waals surface area contributed by atoms with E-state index in [0.717, 1.165) is 30.9 Å². The summed E-state index contributed by atoms with van der Waals surface area (Å²) in [6.45, 7) is 5.85. The van der Waals surface area contributed by atoms with Crippen molar-refractivity contribution in [1.82, 2.24) is 5.32 Å². The molecule has 0 saturated carbocycles. The highest BCUT2D eigenvalue weighted by molar-refractivity contribution is 5.31. The fourth-order valence-electron chi connectivity index (χ4n) is 2.28. The Labute approximate surface area is 121 Å². The van der Waals surface area contributed by atoms with E-state index in [1.807, 2.05) is 24.3 Å². The van der Waals surface area contributed by atoms with Gasteiger partial charge in [-0.3, -0.25) is 0 Å². The van der Waals surface area contributed by atoms with Crippen LogP contribution in [0, 0.1) is 0 Å². The Bertz CT molecular complexity index is 391. The fourth-order valence-corrected chi connectivity index (χ4v) is 2.28. The minimum absolute atomic E-state index is 0.205. The van der Waals surface area contributed by atoms with Crippen LogP contribution in [0.5, 0.6) is 11.5 Å². The maximum absolute atomic E-state index is 5.97. The van der Waals surface area contributed by atoms with E-state index in [9.17, 15) is 0 Å². The van der Waals surface area contributed by atoms with E-state index in [1.165, 1.54) is 0 Å². The molecule has 0 bridgehead atoms. The van der Waals surface area contributed by atoms with Crippen LogP contribution < -0.4 is 14.8 Å². The van der Waals surface area contributed by atoms with Crippen molar-refractivity contribution in [2.24, 2.45) is 0 Å². The summed E-state index contributed by atoms with van der Waals surface area (Å²) in [4.78, 5) is 0. The predicted octanol–water partition coefficient (Wildman–Crippen LogP) is 2.62. The van der Waals surface area contributed by atoms with Crippen molar-refractivity contribution < 1.29 is 14.2 Å². The van der Waals surface area contributed by atoms with E-state index >= 15 is 0 Å². The lowest BCUT2D eigenvalue weighted by atomic mass is 10.2. The van der Waals surface area contributed by atoms with Crippen LogP contribution in [0.3, 0.4) is 0 Å². The number of rotatable bonds is 7. The molecule has 0 radical (unpaired) electrons. The highest BCUT2D eigenvalue weighted by atomic mass is 16.5. The Balaban J connectivity index is 1.69. The van der Waals surface area contributed by atoms with Crippen LogP contribution >= 0.6 is 0 Å². The molecule has 1 fully saturated rings. The number of benzene rings is 1. The first kappa shape index (κ1) is 15.1. The van der Waals surface area contributed by atoms with Crippen molar-refractivity contribution in [3.05, 3.63) is 24.3 Å². The van der Waals surface area contributed by atoms with Crippen molar-refractivity contribution in [3.63, 3.8) is 0 Å². The van der Waals surface area contributed by atoms with Crippen LogP contribution in [0.2, 0.25) is 0 Å². The molecule has 1 aromatic rings. The van der Waals surface area contributed by atoms with Crippen molar-refractivity contribution in [3.8, 4) is 11.5 Å². The molecule has 0 amide bonds. The number of ether oxygens (including phenoxy) is 3. The molecule has 2 atom stereocenters. The van der Waals surface area contributed by atoms with Gasteiger partial charge in [-0.1, -0.05) is 13.8 Å². The first-order chi connectivity index (χ1) is 9.67. The van der Waals surface area contributed by atoms with Gasteiger partial charge >= 0.3 is 0 Å². The van der Waals surface area contributed by atoms with Crippen LogP contribution in [-0.4, -0.2) is 38.5 Å². The molecule has 1 aromatic carbocycles. The van der Waals surface area contributed by atoms with Gasteiger partial charge in [0.2, 0.25) is 0 Å². The van der Waals surface area contributed by atoms with Gasteiger partial charge < -0.3 is 19.5 Å². The zero-order valence-corrected chi connectivity index (χ0v) is 12.6. The van der Waals surface area contributed by atoms with Gasteiger partial charge in [-0.15, -0.1) is 0 Å². The standard InChI is InChI=1S/C16H25NO3/c1-12(2)17-10-15-8-9-16(20-15)11-19-14-6-4-13(18-3)5-7-14/h4-7,12,15-17H,8-11H2,1-3H3. The van der Waals surface area contributed by atoms with Gasteiger partial charge in [-0.25, -0.2) is 0 Å². The molecule has 2 rings (SSSR count). The maximum Gasteiger partial charge on any atom is 0.119 e. The van der Waals surface area contributed by atoms with Crippen LogP contribution in [0.4, 0.5) is 0 Å². The van der Waals surface area contributed by atoms with Crippen molar-refractivity contribution >= 4 is 0 Å². The Morgan fingerprint density at radius 1 is 1.15 bits per heavy atom. The summed E-state index contributed by atoms with van der Waals surface area (Å²) in [5, 5.41) is 3.41. The number of hydrogen-bond acceptors (Lipinski definition) is 4. The predicted molar refractivity (Wildman–Crippen MR) is 79.5 cm³/mol. The van der Waals surface area contributed by atoms with E-state index in [4.69, 9.17) is 14.2 Å². The lowest BCUT2D eigenvalue weighted by Gasteiger charge is -2.16. The molecule has 1 saturated heterocycles. The highest BCUT2D eigenvalue weighted by Gasteiger charge is 2.25. The third-order valence-electron chi connectivity index (χ3n) is 3.44. The average Bonchev–Trinajstić information content (AvgIpc) is 2.91. The summed E-state index contributed by atoms with van der Waals surface area (Å²) < 4.78 is 16.8. The van der Waals surface area contributed by atoms with Crippen molar-refractivity contribution in [2.75, 3.05) is 20.3 Å². The Hall–Kier alpha value is -1.26. The zero-order valence-electron chi connectivity index (χ0n) is 12.6. The third-order valence-corrected chi connectivity index (χ3v) is 3.44.